The number of aliphatic hydroxyl groups is 1. The average molecular weight is 1970 g/mol. The molecule has 141 heavy (non-hydrogen) atoms. The molecule has 7 aliphatic heterocycles. The molecular weight excluding hydrogens is 1760 g/mol. The largest absolute Gasteiger partial charge is 0.490 e. The van der Waals surface area contributed by atoms with E-state index in [1.54, 1.807) is 59.2 Å². The van der Waals surface area contributed by atoms with E-state index in [1.165, 1.54) is 459 Å². The number of carbonyl (C=O) groups excluding carboxylic acids is 7. The van der Waals surface area contributed by atoms with E-state index in [2.05, 4.69) is 68.5 Å². The maximum atomic E-state index is 11.5. The minimum absolute atomic E-state index is 0. The Morgan fingerprint density at radius 2 is 0.702 bits per heavy atom. The van der Waals surface area contributed by atoms with Crippen LogP contribution in [-0.4, -0.2) is 235 Å². The zero-order valence-electron chi connectivity index (χ0n) is 90.4. The number of piperidine rings is 7. The molecule has 0 amide bonds. The van der Waals surface area contributed by atoms with Gasteiger partial charge in [-0.2, -0.15) is 4.79 Å². The molecule has 3 N–H and O–H groups in total. The lowest BCUT2D eigenvalue weighted by molar-refractivity contribution is -0.540. The first kappa shape index (κ1) is 123. The smallest absolute Gasteiger partial charge is 0.469 e. The van der Waals surface area contributed by atoms with Gasteiger partial charge >= 0.3 is 29.8 Å². The van der Waals surface area contributed by atoms with E-state index in [4.69, 9.17) is 24.5 Å². The summed E-state index contributed by atoms with van der Waals surface area (Å²) in [5.41, 5.74) is 20.5. The van der Waals surface area contributed by atoms with Gasteiger partial charge in [0.1, 0.15) is 63.9 Å². The van der Waals surface area contributed by atoms with Gasteiger partial charge in [-0.3, -0.25) is 28.8 Å². The van der Waals surface area contributed by atoms with Crippen LogP contribution in [0.25, 0.3) is 0 Å². The first-order valence-electron chi connectivity index (χ1n) is 57.4. The van der Waals surface area contributed by atoms with Gasteiger partial charge in [0.15, 0.2) is 35.6 Å². The summed E-state index contributed by atoms with van der Waals surface area (Å²) in [5, 5.41) is 18.2. The third-order valence-electron chi connectivity index (χ3n) is 32.0. The zero-order valence-corrected chi connectivity index (χ0v) is 90.4. The van der Waals surface area contributed by atoms with Crippen LogP contribution in [0, 0.1) is 42.4 Å². The second-order valence-electron chi connectivity index (χ2n) is 42.9. The normalized spacial score (nSPS) is 23.7. The number of Topliss-reactive ketones (excluding diaryl/α,β-unsaturated/α-hetero) is 3. The second kappa shape index (κ2) is 73.0. The number of rotatable bonds is 12. The zero-order chi connectivity index (χ0) is 101. The number of methoxy groups -OCH3 is 4. The third kappa shape index (κ3) is 46.6. The summed E-state index contributed by atoms with van der Waals surface area (Å²) in [6.45, 7) is 33.4. The maximum absolute atomic E-state index is 11.5. The van der Waals surface area contributed by atoms with Gasteiger partial charge in [0.05, 0.1) is 46.2 Å². The van der Waals surface area contributed by atoms with Crippen molar-refractivity contribution in [3.05, 3.63) is 76.1 Å². The standard InChI is InChI=1S/2C15H26NO2.2C15H24N.2C10H17N.C10H16O3.C10H14O.C5H11N.C5H8O2.C5H8O.C2H2O2.C2H6O.CH4/c2*1-12(15(17)18-2)11-13-7-6-8-14(13)16-9-4-3-5-10-16;2*1-4-11-16(12-5-1)15-10-6-9-14(15)13-7-2-3-8-13;2*1-4-8-11(9-5-1)10-6-2-3-7-10;1-7(10(12)13-2)6-8-4-3-5-9(8)11;11-10-7-3-6-9(10)8-4-1-2-5-8;1-2-4-6-5-3-1;1-4(2)5(6)7-3;6-5-3-1-2-4-5;1-2(3)4;1-2-3;/h2*12-13H,3-11H2,1-2H3;2*1-12H2;2*6H,1-5,7-9H2;7-8H,3-6H2,1-2H3;1-7H2;6H,1-5H2;1H2,2-3H3;1-4H2;1H2;3H,2H2,1H3;1H4/q4*+1;;;;;;;;;;/p+1. The number of carbonyl (C=O) groups is 8. The van der Waals surface area contributed by atoms with E-state index >= 15 is 0 Å². The maximum Gasteiger partial charge on any atom is 0.490 e. The van der Waals surface area contributed by atoms with Gasteiger partial charge in [-0.25, -0.2) is 23.1 Å². The molecule has 798 valence electrons. The topological polar surface area (TPSA) is 244 Å². The highest BCUT2D eigenvalue weighted by molar-refractivity contribution is 6.00. The number of allylic oxidation sites excluding steroid dienone is 10. The van der Waals surface area contributed by atoms with Gasteiger partial charge < -0.3 is 44.3 Å². The van der Waals surface area contributed by atoms with Crippen molar-refractivity contribution in [2.24, 2.45) is 35.5 Å². The molecule has 0 bridgehead atoms. The van der Waals surface area contributed by atoms with E-state index < -0.39 is 5.97 Å². The number of aliphatic hydroxyl groups excluding tert-OH is 1. The van der Waals surface area contributed by atoms with Crippen molar-refractivity contribution in [2.45, 2.75) is 453 Å². The summed E-state index contributed by atoms with van der Waals surface area (Å²) in [6.07, 6.45) is 87.1. The van der Waals surface area contributed by atoms with E-state index in [1.807, 2.05) is 31.9 Å². The van der Waals surface area contributed by atoms with Crippen molar-refractivity contribution >= 4 is 70.0 Å². The number of nitrogens with zero attached hydrogens (tertiary/aromatic N) is 6. The molecule has 12 aliphatic carbocycles. The lowest BCUT2D eigenvalue weighted by atomic mass is 9.93. The second-order valence-corrected chi connectivity index (χ2v) is 42.9. The van der Waals surface area contributed by atoms with E-state index in [0.29, 0.717) is 47.6 Å². The van der Waals surface area contributed by atoms with Crippen LogP contribution < -0.4 is 5.32 Å². The van der Waals surface area contributed by atoms with Gasteiger partial charge in [0, 0.05) is 181 Å². The summed E-state index contributed by atoms with van der Waals surface area (Å²) in [4.78, 5) is 91.2. The van der Waals surface area contributed by atoms with Gasteiger partial charge in [-0.05, 0) is 334 Å². The van der Waals surface area contributed by atoms with Crippen molar-refractivity contribution in [1.29, 1.82) is 0 Å². The van der Waals surface area contributed by atoms with Gasteiger partial charge in [-0.1, -0.05) is 70.1 Å². The Morgan fingerprint density at radius 3 is 0.979 bits per heavy atom. The highest BCUT2D eigenvalue weighted by Crippen LogP contribution is 2.39. The number of nitrogens with one attached hydrogen (secondary N) is 1. The Labute approximate surface area is 857 Å². The highest BCUT2D eigenvalue weighted by Gasteiger charge is 2.38. The SMILES string of the molecule is C.C1=C(N2CCCCC2)CCC1.C1=C(N2CCCCC2)CCC1.C1CCNCC1.C1CC[N+](=C2CCCC2=C2CCCC2)CC1.C1CC[N+](=C2CCCC2=C2CCCC2)CC1.C=C(C)C(=O)OC.CCO.COC(=O)C(C)CC1CCCC1=O.COC(=O)C(C)CC1CCCC1=[N+]1CCCCC1.COC(=O)C(C)CC1CCCC1=[N+]1CCCCC1.O=C1CCCC1.O=C1CCCC1=C1CCCC1.[CH2+]C(=O)O. The summed E-state index contributed by atoms with van der Waals surface area (Å²) in [5.74, 6) is 0.753. The van der Waals surface area contributed by atoms with Crippen molar-refractivity contribution in [2.75, 3.05) is 127 Å². The molecule has 7 heterocycles. The number of ether oxygens (including phenoxy) is 4. The first-order chi connectivity index (χ1) is 68.0. The number of hydrogen-bond acceptors (Lipinski definition) is 16. The third-order valence-corrected chi connectivity index (χ3v) is 32.0. The fourth-order valence-corrected chi connectivity index (χ4v) is 24.4. The number of likely N-dealkylation sites (tertiary alicyclic amines) is 2. The Balaban J connectivity index is 0.000000239. The molecule has 7 saturated heterocycles. The van der Waals surface area contributed by atoms with Crippen LogP contribution in [0.5, 0.6) is 0 Å². The lowest BCUT2D eigenvalue weighted by Crippen LogP contribution is -2.30. The molecule has 0 radical (unpaired) electrons. The number of hydrogen-bond donors (Lipinski definition) is 3. The van der Waals surface area contributed by atoms with Crippen LogP contribution in [0.15, 0.2) is 69.1 Å². The summed E-state index contributed by atoms with van der Waals surface area (Å²) in [7, 11) is 5.69. The molecule has 10 saturated carbocycles. The molecular formula is C120H204N7O14+5. The predicted octanol–water partition coefficient (Wildman–Crippen LogP) is 25.0. The molecule has 0 spiro atoms. The van der Waals surface area contributed by atoms with Gasteiger partial charge in [0.2, 0.25) is 0 Å². The van der Waals surface area contributed by atoms with E-state index in [9.17, 15) is 33.6 Å². The summed E-state index contributed by atoms with van der Waals surface area (Å²) < 4.78 is 29.2. The molecule has 19 rings (SSSR count). The van der Waals surface area contributed by atoms with Crippen LogP contribution in [0.4, 0.5) is 0 Å². The Bertz CT molecular complexity index is 3810. The van der Waals surface area contributed by atoms with Crippen molar-refractivity contribution in [3.8, 4) is 0 Å². The van der Waals surface area contributed by atoms with Gasteiger partial charge in [-0.15, -0.1) is 0 Å². The van der Waals surface area contributed by atoms with Crippen LogP contribution in [0.2, 0.25) is 0 Å². The Morgan fingerprint density at radius 1 is 0.390 bits per heavy atom. The first-order valence-corrected chi connectivity index (χ1v) is 57.4. The number of aliphatic carboxylic acids is 1. The van der Waals surface area contributed by atoms with Crippen molar-refractivity contribution in [1.82, 2.24) is 15.1 Å². The fraction of sp³-hybridized carbons (Fsp3) is 0.792. The molecule has 0 aromatic rings. The number of carboxylic acids is 1. The van der Waals surface area contributed by atoms with Crippen LogP contribution in [0.3, 0.4) is 0 Å². The molecule has 19 aliphatic rings. The number of esters is 4. The quantitative estimate of drug-likeness (QED) is 0.0540. The van der Waals surface area contributed by atoms with E-state index in [0.717, 1.165) is 70.6 Å². The van der Waals surface area contributed by atoms with Gasteiger partial charge in [0.25, 0.3) is 0 Å². The van der Waals surface area contributed by atoms with Crippen molar-refractivity contribution in [3.63, 3.8) is 0 Å². The molecule has 21 heteroatoms. The molecule has 6 unspecified atom stereocenters. The summed E-state index contributed by atoms with van der Waals surface area (Å²) >= 11 is 0. The minimum atomic E-state index is -1.08. The fourth-order valence-electron chi connectivity index (χ4n) is 24.4. The molecule has 6 atom stereocenters. The monoisotopic (exact) mass is 1970 g/mol. The highest BCUT2D eigenvalue weighted by atomic mass is 16.5. The Kier molecular flexibility index (Phi) is 63.5. The number of ketones is 3. The van der Waals surface area contributed by atoms with Crippen LogP contribution >= 0.6 is 0 Å². The van der Waals surface area contributed by atoms with Crippen LogP contribution in [-0.2, 0) is 57.3 Å². The van der Waals surface area contributed by atoms with Crippen LogP contribution in [0.1, 0.15) is 453 Å². The predicted molar refractivity (Wildman–Crippen MR) is 577 cm³/mol. The van der Waals surface area contributed by atoms with E-state index in [-0.39, 0.29) is 61.6 Å². The number of carboxylic acid groups (broad SMARTS) is 1. The van der Waals surface area contributed by atoms with Crippen molar-refractivity contribution < 1.29 is 85.8 Å². The minimum Gasteiger partial charge on any atom is -0.469 e. The lowest BCUT2D eigenvalue weighted by Gasteiger charge is -2.29. The average Bonchev–Trinajstić information content (AvgIpc) is 1.68. The molecule has 21 nitrogen and oxygen atoms in total. The Hall–Kier alpha value is -7.13. The molecule has 0 aromatic heterocycles. The summed E-state index contributed by atoms with van der Waals surface area (Å²) in [6, 6.07) is 0. The molecule has 17 fully saturated rings. The molecule has 0 aromatic carbocycles.